The Balaban J connectivity index is 2.95. The lowest BCUT2D eigenvalue weighted by molar-refractivity contribution is -0.107. The fraction of sp³-hybridized carbons (Fsp3) is 0.455. The molecule has 1 heterocycles. The molecule has 0 bridgehead atoms. The third kappa shape index (κ3) is 3.66. The number of Topliss-reactive ketones (excluding diaryl/α,β-unsaturated/α-hetero) is 1. The monoisotopic (exact) mass is 258 g/mol. The molecule has 0 aliphatic rings. The molecule has 0 saturated carbocycles. The molecular weight excluding hydrogens is 244 g/mol. The summed E-state index contributed by atoms with van der Waals surface area (Å²) in [6.45, 7) is 4.28. The lowest BCUT2D eigenvalue weighted by Crippen LogP contribution is -2.28. The molecule has 0 fully saturated rings. The summed E-state index contributed by atoms with van der Waals surface area (Å²) in [5.41, 5.74) is 5.83. The Labute approximate surface area is 105 Å². The van der Waals surface area contributed by atoms with Gasteiger partial charge in [-0.15, -0.1) is 0 Å². The highest BCUT2D eigenvalue weighted by molar-refractivity contribution is 6.31. The van der Waals surface area contributed by atoms with Crippen molar-refractivity contribution in [2.24, 2.45) is 0 Å². The molecular formula is C11H15ClN2O3. The molecule has 0 atom stereocenters. The number of hydrogen-bond donors (Lipinski definition) is 1. The van der Waals surface area contributed by atoms with Gasteiger partial charge in [-0.1, -0.05) is 11.6 Å². The fourth-order valence-corrected chi connectivity index (χ4v) is 1.43. The first-order chi connectivity index (χ1) is 8.10. The average Bonchev–Trinajstić information content (AvgIpc) is 2.31. The van der Waals surface area contributed by atoms with Crippen molar-refractivity contribution in [3.05, 3.63) is 22.8 Å². The van der Waals surface area contributed by atoms with Crippen molar-refractivity contribution < 1.29 is 14.3 Å². The van der Waals surface area contributed by atoms with Gasteiger partial charge in [0.05, 0.1) is 10.6 Å². The number of aromatic nitrogens is 1. The van der Waals surface area contributed by atoms with E-state index in [-0.39, 0.29) is 17.2 Å². The molecule has 17 heavy (non-hydrogen) atoms. The topological polar surface area (TPSA) is 74.4 Å². The van der Waals surface area contributed by atoms with Crippen LogP contribution in [0.3, 0.4) is 0 Å². The maximum absolute atomic E-state index is 12.1. The number of halogens is 1. The van der Waals surface area contributed by atoms with Crippen LogP contribution in [0, 0.1) is 0 Å². The Morgan fingerprint density at radius 1 is 1.47 bits per heavy atom. The Kier molecular flexibility index (Phi) is 5.34. The normalized spacial score (nSPS) is 10.8. The number of nitrogen functional groups attached to an aromatic ring is 1. The van der Waals surface area contributed by atoms with Crippen LogP contribution in [0.4, 0.5) is 5.82 Å². The van der Waals surface area contributed by atoms with Crippen LogP contribution >= 0.6 is 11.6 Å². The molecule has 1 aromatic rings. The summed E-state index contributed by atoms with van der Waals surface area (Å²) in [7, 11) is 0. The Bertz CT molecular complexity index is 392. The first kappa shape index (κ1) is 13.9. The van der Waals surface area contributed by atoms with Gasteiger partial charge in [0.1, 0.15) is 5.82 Å². The number of nitrogens with zero attached hydrogens (tertiary/aromatic N) is 1. The van der Waals surface area contributed by atoms with Gasteiger partial charge in [0.15, 0.2) is 0 Å². The van der Waals surface area contributed by atoms with Gasteiger partial charge >= 0.3 is 0 Å². The standard InChI is InChI=1S/C11H15ClN2O3/c1-3-16-11(17-4-2)9(15)8-5-7(12)6-14-10(8)13/h5-6,11H,3-4H2,1-2H3,(H2,13,14). The molecule has 0 aromatic carbocycles. The van der Waals surface area contributed by atoms with Gasteiger partial charge in [-0.2, -0.15) is 0 Å². The maximum atomic E-state index is 12.1. The molecule has 2 N–H and O–H groups in total. The number of rotatable bonds is 6. The SMILES string of the molecule is CCOC(OCC)C(=O)c1cc(Cl)cnc1N. The molecule has 1 rings (SSSR count). The van der Waals surface area contributed by atoms with Crippen molar-refractivity contribution >= 4 is 23.2 Å². The molecule has 0 aliphatic heterocycles. The van der Waals surface area contributed by atoms with Crippen molar-refractivity contribution in [3.8, 4) is 0 Å². The number of carbonyl (C=O) groups is 1. The summed E-state index contributed by atoms with van der Waals surface area (Å²) in [5.74, 6) is -0.259. The van der Waals surface area contributed by atoms with Crippen molar-refractivity contribution in [1.82, 2.24) is 4.98 Å². The second-order valence-corrected chi connectivity index (χ2v) is 3.63. The average molecular weight is 259 g/mol. The number of carbonyl (C=O) groups excluding carboxylic acids is 1. The zero-order chi connectivity index (χ0) is 12.8. The number of pyridine rings is 1. The molecule has 5 nitrogen and oxygen atoms in total. The van der Waals surface area contributed by atoms with Gasteiger partial charge in [-0.3, -0.25) is 4.79 Å². The van der Waals surface area contributed by atoms with E-state index in [0.29, 0.717) is 18.2 Å². The number of ketones is 1. The molecule has 94 valence electrons. The molecule has 0 radical (unpaired) electrons. The minimum Gasteiger partial charge on any atom is -0.383 e. The van der Waals surface area contributed by atoms with Crippen molar-refractivity contribution in [1.29, 1.82) is 0 Å². The van der Waals surface area contributed by atoms with E-state index in [9.17, 15) is 4.79 Å². The highest BCUT2D eigenvalue weighted by Crippen LogP contribution is 2.18. The highest BCUT2D eigenvalue weighted by Gasteiger charge is 2.23. The molecule has 6 heteroatoms. The summed E-state index contributed by atoms with van der Waals surface area (Å²) < 4.78 is 10.4. The Morgan fingerprint density at radius 2 is 2.06 bits per heavy atom. The predicted molar refractivity (Wildman–Crippen MR) is 65.0 cm³/mol. The molecule has 0 aliphatic carbocycles. The minimum absolute atomic E-state index is 0.115. The van der Waals surface area contributed by atoms with Crippen LogP contribution in [0.1, 0.15) is 24.2 Å². The smallest absolute Gasteiger partial charge is 0.222 e. The number of hydrogen-bond acceptors (Lipinski definition) is 5. The van der Waals surface area contributed by atoms with Crippen molar-refractivity contribution in [2.45, 2.75) is 20.1 Å². The predicted octanol–water partition coefficient (Wildman–Crippen LogP) is 1.90. The molecule has 0 amide bonds. The first-order valence-corrected chi connectivity index (χ1v) is 5.66. The molecule has 0 saturated heterocycles. The van der Waals surface area contributed by atoms with Gasteiger partial charge in [-0.25, -0.2) is 4.98 Å². The van der Waals surface area contributed by atoms with Crippen molar-refractivity contribution in [2.75, 3.05) is 18.9 Å². The third-order valence-corrected chi connectivity index (χ3v) is 2.21. The van der Waals surface area contributed by atoms with Crippen LogP contribution in [0.15, 0.2) is 12.3 Å². The zero-order valence-corrected chi connectivity index (χ0v) is 10.5. The van der Waals surface area contributed by atoms with E-state index in [4.69, 9.17) is 26.8 Å². The third-order valence-electron chi connectivity index (χ3n) is 2.00. The van der Waals surface area contributed by atoms with E-state index in [2.05, 4.69) is 4.98 Å². The van der Waals surface area contributed by atoms with E-state index in [0.717, 1.165) is 0 Å². The van der Waals surface area contributed by atoms with Gasteiger partial charge in [0, 0.05) is 19.4 Å². The van der Waals surface area contributed by atoms with E-state index >= 15 is 0 Å². The lowest BCUT2D eigenvalue weighted by atomic mass is 10.1. The molecule has 0 spiro atoms. The van der Waals surface area contributed by atoms with Gasteiger partial charge in [-0.05, 0) is 19.9 Å². The summed E-state index contributed by atoms with van der Waals surface area (Å²) in [4.78, 5) is 15.9. The van der Waals surface area contributed by atoms with Gasteiger partial charge in [0.2, 0.25) is 12.1 Å². The van der Waals surface area contributed by atoms with E-state index in [1.165, 1.54) is 12.3 Å². The van der Waals surface area contributed by atoms with Crippen LogP contribution in [0.25, 0.3) is 0 Å². The van der Waals surface area contributed by atoms with Crippen LogP contribution < -0.4 is 5.73 Å². The zero-order valence-electron chi connectivity index (χ0n) is 9.77. The van der Waals surface area contributed by atoms with Crippen LogP contribution in [0.2, 0.25) is 5.02 Å². The maximum Gasteiger partial charge on any atom is 0.222 e. The summed E-state index contributed by atoms with van der Waals surface area (Å²) in [6.07, 6.45) is 0.414. The van der Waals surface area contributed by atoms with E-state index in [1.807, 2.05) is 0 Å². The van der Waals surface area contributed by atoms with Crippen LogP contribution in [0.5, 0.6) is 0 Å². The Hall–Kier alpha value is -1.17. The first-order valence-electron chi connectivity index (χ1n) is 5.28. The van der Waals surface area contributed by atoms with Crippen LogP contribution in [-0.2, 0) is 9.47 Å². The number of anilines is 1. The van der Waals surface area contributed by atoms with E-state index in [1.54, 1.807) is 13.8 Å². The second-order valence-electron chi connectivity index (χ2n) is 3.19. The van der Waals surface area contributed by atoms with Crippen molar-refractivity contribution in [3.63, 3.8) is 0 Å². The van der Waals surface area contributed by atoms with E-state index < -0.39 is 6.29 Å². The largest absolute Gasteiger partial charge is 0.383 e. The van der Waals surface area contributed by atoms with Gasteiger partial charge < -0.3 is 15.2 Å². The Morgan fingerprint density at radius 3 is 2.59 bits per heavy atom. The molecule has 0 unspecified atom stereocenters. The quantitative estimate of drug-likeness (QED) is 0.623. The number of nitrogens with two attached hydrogens (primary N) is 1. The highest BCUT2D eigenvalue weighted by atomic mass is 35.5. The summed E-state index contributed by atoms with van der Waals surface area (Å²) in [5, 5.41) is 0.342. The molecule has 1 aromatic heterocycles. The minimum atomic E-state index is -0.965. The lowest BCUT2D eigenvalue weighted by Gasteiger charge is -2.16. The summed E-state index contributed by atoms with van der Waals surface area (Å²) in [6, 6.07) is 1.46. The second kappa shape index (κ2) is 6.54. The van der Waals surface area contributed by atoms with Gasteiger partial charge in [0.25, 0.3) is 0 Å². The number of ether oxygens (including phenoxy) is 2. The fourth-order valence-electron chi connectivity index (χ4n) is 1.28. The summed E-state index contributed by atoms with van der Waals surface area (Å²) >= 11 is 5.77. The van der Waals surface area contributed by atoms with Crippen LogP contribution in [-0.4, -0.2) is 30.3 Å².